The second kappa shape index (κ2) is 9.41. The molecule has 0 radical (unpaired) electrons. The Kier molecular flexibility index (Phi) is 5.82. The standard InChI is InChI=1S/C38H36N2/c1-5-23-38(3,4)26(2)27-21-22-37-33(24-27)32-17-8-11-20-36(32)40(37)29-14-12-13-28(25-29)39-34-18-9-6-15-30(34)31-16-7-10-19-35(31)39/h6-22,24-26H,5,23H2,1-4H3. The zero-order valence-electron chi connectivity index (χ0n) is 23.9. The van der Waals surface area contributed by atoms with Gasteiger partial charge in [-0.05, 0) is 71.8 Å². The summed E-state index contributed by atoms with van der Waals surface area (Å²) in [5.74, 6) is 0.484. The van der Waals surface area contributed by atoms with Gasteiger partial charge in [0.25, 0.3) is 0 Å². The van der Waals surface area contributed by atoms with E-state index < -0.39 is 0 Å². The maximum atomic E-state index is 2.45. The molecule has 7 aromatic rings. The van der Waals surface area contributed by atoms with Crippen molar-refractivity contribution in [3.05, 3.63) is 121 Å². The summed E-state index contributed by atoms with van der Waals surface area (Å²) in [6.07, 6.45) is 2.44. The van der Waals surface area contributed by atoms with Gasteiger partial charge in [0.2, 0.25) is 0 Å². The monoisotopic (exact) mass is 520 g/mol. The minimum atomic E-state index is 0.261. The molecule has 0 N–H and O–H groups in total. The lowest BCUT2D eigenvalue weighted by Crippen LogP contribution is -2.19. The maximum absolute atomic E-state index is 2.45. The fourth-order valence-electron chi connectivity index (χ4n) is 6.82. The molecule has 0 aliphatic heterocycles. The maximum Gasteiger partial charge on any atom is 0.0541 e. The van der Waals surface area contributed by atoms with E-state index >= 15 is 0 Å². The van der Waals surface area contributed by atoms with Gasteiger partial charge in [-0.1, -0.05) is 101 Å². The summed E-state index contributed by atoms with van der Waals surface area (Å²) in [6, 6.07) is 42.4. The van der Waals surface area contributed by atoms with Crippen molar-refractivity contribution in [3.8, 4) is 11.4 Å². The van der Waals surface area contributed by atoms with Gasteiger partial charge < -0.3 is 9.13 Å². The topological polar surface area (TPSA) is 9.86 Å². The average molecular weight is 521 g/mol. The molecule has 5 aromatic carbocycles. The molecule has 0 aliphatic rings. The van der Waals surface area contributed by atoms with E-state index in [1.165, 1.54) is 73.4 Å². The third-order valence-electron chi connectivity index (χ3n) is 9.19. The first-order chi connectivity index (χ1) is 19.5. The molecular weight excluding hydrogens is 484 g/mol. The largest absolute Gasteiger partial charge is 0.309 e. The van der Waals surface area contributed by atoms with E-state index in [9.17, 15) is 0 Å². The fourth-order valence-corrected chi connectivity index (χ4v) is 6.82. The molecule has 40 heavy (non-hydrogen) atoms. The summed E-state index contributed by atoms with van der Waals surface area (Å²) < 4.78 is 4.84. The van der Waals surface area contributed by atoms with Crippen LogP contribution in [0.3, 0.4) is 0 Å². The number of para-hydroxylation sites is 3. The number of fused-ring (bicyclic) bond motifs is 6. The van der Waals surface area contributed by atoms with Crippen molar-refractivity contribution in [1.82, 2.24) is 9.13 Å². The van der Waals surface area contributed by atoms with Crippen molar-refractivity contribution < 1.29 is 0 Å². The van der Waals surface area contributed by atoms with Crippen LogP contribution in [0.15, 0.2) is 115 Å². The molecule has 0 aliphatic carbocycles. The highest BCUT2D eigenvalue weighted by atomic mass is 15.0. The van der Waals surface area contributed by atoms with Gasteiger partial charge in [0.15, 0.2) is 0 Å². The molecule has 7 rings (SSSR count). The fraction of sp³-hybridized carbons (Fsp3) is 0.211. The summed E-state index contributed by atoms with van der Waals surface area (Å²) >= 11 is 0. The number of aromatic nitrogens is 2. The van der Waals surface area contributed by atoms with Crippen molar-refractivity contribution in [3.63, 3.8) is 0 Å². The molecule has 198 valence electrons. The summed E-state index contributed by atoms with van der Waals surface area (Å²) in [6.45, 7) is 9.51. The Morgan fingerprint density at radius 1 is 0.550 bits per heavy atom. The highest BCUT2D eigenvalue weighted by Gasteiger charge is 2.27. The first-order valence-electron chi connectivity index (χ1n) is 14.6. The predicted molar refractivity (Wildman–Crippen MR) is 172 cm³/mol. The lowest BCUT2D eigenvalue weighted by molar-refractivity contribution is 0.273. The van der Waals surface area contributed by atoms with Crippen LogP contribution < -0.4 is 0 Å². The quantitative estimate of drug-likeness (QED) is 0.206. The summed E-state index contributed by atoms with van der Waals surface area (Å²) in [5, 5.41) is 5.21. The highest BCUT2D eigenvalue weighted by molar-refractivity contribution is 6.10. The molecule has 2 nitrogen and oxygen atoms in total. The van der Waals surface area contributed by atoms with Crippen molar-refractivity contribution in [2.45, 2.75) is 46.5 Å². The van der Waals surface area contributed by atoms with Gasteiger partial charge in [0.05, 0.1) is 22.1 Å². The van der Waals surface area contributed by atoms with Crippen LogP contribution in [0.5, 0.6) is 0 Å². The van der Waals surface area contributed by atoms with Crippen LogP contribution in [-0.4, -0.2) is 9.13 Å². The van der Waals surface area contributed by atoms with Gasteiger partial charge in [-0.3, -0.25) is 0 Å². The minimum absolute atomic E-state index is 0.261. The van der Waals surface area contributed by atoms with Crippen molar-refractivity contribution >= 4 is 43.6 Å². The van der Waals surface area contributed by atoms with Gasteiger partial charge in [-0.2, -0.15) is 0 Å². The average Bonchev–Trinajstić information content (AvgIpc) is 3.49. The Labute approximate surface area is 236 Å². The summed E-state index contributed by atoms with van der Waals surface area (Å²) in [4.78, 5) is 0. The molecule has 0 amide bonds. The molecule has 2 heteroatoms. The molecule has 1 unspecified atom stereocenters. The van der Waals surface area contributed by atoms with E-state index in [0.29, 0.717) is 5.92 Å². The normalized spacial score (nSPS) is 13.1. The molecule has 0 saturated heterocycles. The van der Waals surface area contributed by atoms with Crippen molar-refractivity contribution in [1.29, 1.82) is 0 Å². The molecule has 0 fully saturated rings. The van der Waals surface area contributed by atoms with E-state index in [2.05, 4.69) is 152 Å². The van der Waals surface area contributed by atoms with Crippen LogP contribution in [0.2, 0.25) is 0 Å². The third kappa shape index (κ3) is 3.78. The number of rotatable bonds is 6. The molecule has 2 aromatic heterocycles. The van der Waals surface area contributed by atoms with E-state index in [1.54, 1.807) is 0 Å². The highest BCUT2D eigenvalue weighted by Crippen LogP contribution is 2.42. The second-order valence-electron chi connectivity index (χ2n) is 12.0. The van der Waals surface area contributed by atoms with Crippen LogP contribution >= 0.6 is 0 Å². The Hall–Kier alpha value is -4.30. The van der Waals surface area contributed by atoms with Crippen LogP contribution in [0.4, 0.5) is 0 Å². The molecule has 0 spiro atoms. The number of benzene rings is 5. The summed E-state index contributed by atoms with van der Waals surface area (Å²) in [7, 11) is 0. The Balaban J connectivity index is 1.44. The molecular formula is C38H36N2. The molecule has 1 atom stereocenters. The zero-order chi connectivity index (χ0) is 27.4. The number of hydrogen-bond donors (Lipinski definition) is 0. The van der Waals surface area contributed by atoms with Crippen molar-refractivity contribution in [2.75, 3.05) is 0 Å². The third-order valence-corrected chi connectivity index (χ3v) is 9.19. The second-order valence-corrected chi connectivity index (χ2v) is 12.0. The van der Waals surface area contributed by atoms with Crippen LogP contribution in [0, 0.1) is 5.41 Å². The molecule has 0 saturated carbocycles. The smallest absolute Gasteiger partial charge is 0.0541 e. The lowest BCUT2D eigenvalue weighted by atomic mass is 9.73. The van der Waals surface area contributed by atoms with Gasteiger partial charge in [0.1, 0.15) is 0 Å². The predicted octanol–water partition coefficient (Wildman–Crippen LogP) is 10.8. The molecule has 2 heterocycles. The number of hydrogen-bond acceptors (Lipinski definition) is 0. The first kappa shape index (κ1) is 24.7. The van der Waals surface area contributed by atoms with Crippen molar-refractivity contribution in [2.24, 2.45) is 5.41 Å². The van der Waals surface area contributed by atoms with Crippen LogP contribution in [0.1, 0.15) is 52.0 Å². The van der Waals surface area contributed by atoms with E-state index in [4.69, 9.17) is 0 Å². The number of nitrogens with zero attached hydrogens (tertiary/aromatic N) is 2. The van der Waals surface area contributed by atoms with E-state index in [0.717, 1.165) is 0 Å². The lowest BCUT2D eigenvalue weighted by Gasteiger charge is -2.32. The SMILES string of the molecule is CCCC(C)(C)C(C)c1ccc2c(c1)c1ccccc1n2-c1cccc(-n2c3ccccc3c3ccccc32)c1. The van der Waals surface area contributed by atoms with E-state index in [-0.39, 0.29) is 5.41 Å². The van der Waals surface area contributed by atoms with Gasteiger partial charge >= 0.3 is 0 Å². The molecule has 0 bridgehead atoms. The van der Waals surface area contributed by atoms with Gasteiger partial charge in [0, 0.05) is 32.9 Å². The minimum Gasteiger partial charge on any atom is -0.309 e. The van der Waals surface area contributed by atoms with Gasteiger partial charge in [-0.25, -0.2) is 0 Å². The van der Waals surface area contributed by atoms with Crippen LogP contribution in [0.25, 0.3) is 55.0 Å². The van der Waals surface area contributed by atoms with Crippen LogP contribution in [-0.2, 0) is 0 Å². The Morgan fingerprint density at radius 2 is 1.02 bits per heavy atom. The summed E-state index contributed by atoms with van der Waals surface area (Å²) in [5.41, 5.74) is 9.00. The first-order valence-corrected chi connectivity index (χ1v) is 14.6. The Bertz CT molecular complexity index is 1960. The van der Waals surface area contributed by atoms with E-state index in [1.807, 2.05) is 0 Å². The Morgan fingerprint density at radius 3 is 1.55 bits per heavy atom. The van der Waals surface area contributed by atoms with Gasteiger partial charge in [-0.15, -0.1) is 0 Å². The zero-order valence-corrected chi connectivity index (χ0v) is 23.9.